The largest absolute Gasteiger partial charge is 0.325 e. The molecule has 4 nitrogen and oxygen atoms in total. The average Bonchev–Trinajstić information content (AvgIpc) is 3.01. The topological polar surface area (TPSA) is 49.4 Å². The fraction of sp³-hybridized carbons (Fsp3) is 0.222. The fourth-order valence-corrected chi connectivity index (χ4v) is 3.47. The molecule has 1 aliphatic carbocycles. The second-order valence-electron chi connectivity index (χ2n) is 6.12. The number of nitrogens with zero attached hydrogens (tertiary/aromatic N) is 1. The van der Waals surface area contributed by atoms with Gasteiger partial charge in [0.1, 0.15) is 11.4 Å². The van der Waals surface area contributed by atoms with Crippen LogP contribution in [0.5, 0.6) is 0 Å². The lowest BCUT2D eigenvalue weighted by molar-refractivity contribution is -0.131. The molecule has 1 aliphatic heterocycles. The van der Waals surface area contributed by atoms with Gasteiger partial charge in [-0.15, -0.1) is 0 Å². The highest BCUT2D eigenvalue weighted by molar-refractivity contribution is 6.07. The Morgan fingerprint density at radius 3 is 2.26 bits per heavy atom. The number of halogens is 1. The van der Waals surface area contributed by atoms with Gasteiger partial charge in [-0.05, 0) is 17.2 Å². The van der Waals surface area contributed by atoms with Crippen molar-refractivity contribution in [1.82, 2.24) is 10.2 Å². The van der Waals surface area contributed by atoms with E-state index in [9.17, 15) is 14.0 Å². The van der Waals surface area contributed by atoms with Gasteiger partial charge in [-0.25, -0.2) is 9.18 Å². The number of fused-ring (bicyclic) bond motifs is 1. The Balaban J connectivity index is 1.62. The van der Waals surface area contributed by atoms with Gasteiger partial charge in [0, 0.05) is 18.4 Å². The number of amides is 3. The molecule has 0 atom stereocenters. The molecule has 23 heavy (non-hydrogen) atoms. The molecule has 5 heteroatoms. The number of rotatable bonds is 2. The van der Waals surface area contributed by atoms with Gasteiger partial charge in [0.2, 0.25) is 0 Å². The molecule has 1 spiro atoms. The van der Waals surface area contributed by atoms with Crippen LogP contribution in [-0.2, 0) is 24.2 Å². The van der Waals surface area contributed by atoms with Crippen molar-refractivity contribution >= 4 is 11.9 Å². The first-order valence-corrected chi connectivity index (χ1v) is 7.53. The van der Waals surface area contributed by atoms with Crippen LogP contribution >= 0.6 is 0 Å². The van der Waals surface area contributed by atoms with E-state index in [1.165, 1.54) is 6.07 Å². The first-order valence-electron chi connectivity index (χ1n) is 7.53. The number of nitrogens with one attached hydrogen (secondary N) is 1. The smallest absolute Gasteiger partial charge is 0.322 e. The van der Waals surface area contributed by atoms with Crippen molar-refractivity contribution in [2.75, 3.05) is 0 Å². The molecule has 0 bridgehead atoms. The lowest BCUT2D eigenvalue weighted by Crippen LogP contribution is -2.47. The molecule has 0 aromatic heterocycles. The standard InChI is InChI=1S/C18H15FN2O2/c19-15-8-4-3-7-14(15)11-21-16(22)18(20-17(21)23)9-12-5-1-2-6-13(12)10-18/h1-8H,9-11H2,(H,20,23). The number of hydrogen-bond donors (Lipinski definition) is 1. The molecule has 3 amide bonds. The summed E-state index contributed by atoms with van der Waals surface area (Å²) in [4.78, 5) is 26.2. The SMILES string of the molecule is O=C1NC2(Cc3ccccc3C2)C(=O)N1Cc1ccccc1F. The van der Waals surface area contributed by atoms with E-state index < -0.39 is 17.4 Å². The van der Waals surface area contributed by atoms with E-state index in [-0.39, 0.29) is 12.5 Å². The summed E-state index contributed by atoms with van der Waals surface area (Å²) < 4.78 is 13.8. The van der Waals surface area contributed by atoms with Crippen LogP contribution in [0.25, 0.3) is 0 Å². The van der Waals surface area contributed by atoms with Crippen molar-refractivity contribution in [2.24, 2.45) is 0 Å². The van der Waals surface area contributed by atoms with Crippen LogP contribution in [-0.4, -0.2) is 22.4 Å². The first kappa shape index (κ1) is 13.9. The van der Waals surface area contributed by atoms with Crippen LogP contribution in [0.4, 0.5) is 9.18 Å². The third-order valence-corrected chi connectivity index (χ3v) is 4.64. The van der Waals surface area contributed by atoms with Crippen LogP contribution < -0.4 is 5.32 Å². The minimum absolute atomic E-state index is 0.0462. The van der Waals surface area contributed by atoms with Gasteiger partial charge in [-0.1, -0.05) is 42.5 Å². The summed E-state index contributed by atoms with van der Waals surface area (Å²) in [6, 6.07) is 13.5. The number of carbonyl (C=O) groups excluding carboxylic acids is 2. The number of carbonyl (C=O) groups is 2. The second-order valence-corrected chi connectivity index (χ2v) is 6.12. The number of hydrogen-bond acceptors (Lipinski definition) is 2. The predicted molar refractivity (Wildman–Crippen MR) is 82.1 cm³/mol. The molecule has 2 aliphatic rings. The lowest BCUT2D eigenvalue weighted by atomic mass is 9.96. The predicted octanol–water partition coefficient (Wildman–Crippen LogP) is 2.42. The fourth-order valence-electron chi connectivity index (χ4n) is 3.47. The molecule has 2 aromatic rings. The molecular weight excluding hydrogens is 295 g/mol. The molecule has 116 valence electrons. The maximum atomic E-state index is 13.8. The zero-order valence-corrected chi connectivity index (χ0v) is 12.4. The highest BCUT2D eigenvalue weighted by Gasteiger charge is 2.53. The van der Waals surface area contributed by atoms with E-state index in [1.807, 2.05) is 24.3 Å². The monoisotopic (exact) mass is 310 g/mol. The highest BCUT2D eigenvalue weighted by Crippen LogP contribution is 2.35. The minimum atomic E-state index is -0.911. The molecule has 1 fully saturated rings. The van der Waals surface area contributed by atoms with Gasteiger partial charge in [0.05, 0.1) is 6.54 Å². The Hall–Kier alpha value is -2.69. The first-order chi connectivity index (χ1) is 11.1. The molecule has 4 rings (SSSR count). The lowest BCUT2D eigenvalue weighted by Gasteiger charge is -2.20. The maximum absolute atomic E-state index is 13.8. The molecule has 2 aromatic carbocycles. The van der Waals surface area contributed by atoms with Crippen molar-refractivity contribution < 1.29 is 14.0 Å². The molecule has 1 N–H and O–H groups in total. The molecule has 1 heterocycles. The average molecular weight is 310 g/mol. The zero-order valence-electron chi connectivity index (χ0n) is 12.4. The van der Waals surface area contributed by atoms with Gasteiger partial charge in [-0.3, -0.25) is 9.69 Å². The summed E-state index contributed by atoms with van der Waals surface area (Å²) in [5.74, 6) is -0.689. The third-order valence-electron chi connectivity index (χ3n) is 4.64. The van der Waals surface area contributed by atoms with Crippen molar-refractivity contribution in [3.8, 4) is 0 Å². The molecule has 0 radical (unpaired) electrons. The van der Waals surface area contributed by atoms with Crippen molar-refractivity contribution in [2.45, 2.75) is 24.9 Å². The minimum Gasteiger partial charge on any atom is -0.322 e. The number of urea groups is 1. The van der Waals surface area contributed by atoms with Gasteiger partial charge in [0.25, 0.3) is 5.91 Å². The van der Waals surface area contributed by atoms with Gasteiger partial charge in [-0.2, -0.15) is 0 Å². The van der Waals surface area contributed by atoms with E-state index in [4.69, 9.17) is 0 Å². The zero-order chi connectivity index (χ0) is 16.0. The van der Waals surface area contributed by atoms with Gasteiger partial charge < -0.3 is 5.32 Å². The van der Waals surface area contributed by atoms with Crippen LogP contribution in [0.2, 0.25) is 0 Å². The Morgan fingerprint density at radius 1 is 1.00 bits per heavy atom. The van der Waals surface area contributed by atoms with Crippen molar-refractivity contribution in [3.63, 3.8) is 0 Å². The van der Waals surface area contributed by atoms with E-state index in [0.29, 0.717) is 18.4 Å². The Kier molecular flexibility index (Phi) is 2.98. The summed E-state index contributed by atoms with van der Waals surface area (Å²) >= 11 is 0. The number of benzene rings is 2. The summed E-state index contributed by atoms with van der Waals surface area (Å²) in [6.07, 6.45) is 0.975. The molecular formula is C18H15FN2O2. The van der Waals surface area contributed by atoms with E-state index in [2.05, 4.69) is 5.32 Å². The van der Waals surface area contributed by atoms with Gasteiger partial charge in [0.15, 0.2) is 0 Å². The summed E-state index contributed by atoms with van der Waals surface area (Å²) in [7, 11) is 0. The Bertz CT molecular complexity index is 793. The summed E-state index contributed by atoms with van der Waals surface area (Å²) in [6.45, 7) is -0.0462. The Labute approximate surface area is 132 Å². The van der Waals surface area contributed by atoms with E-state index in [1.54, 1.807) is 18.2 Å². The van der Waals surface area contributed by atoms with Crippen LogP contribution in [0.15, 0.2) is 48.5 Å². The van der Waals surface area contributed by atoms with Crippen LogP contribution in [0.3, 0.4) is 0 Å². The summed E-state index contributed by atoms with van der Waals surface area (Å²) in [5.41, 5.74) is 1.58. The second kappa shape index (κ2) is 4.91. The van der Waals surface area contributed by atoms with Crippen LogP contribution in [0, 0.1) is 5.82 Å². The van der Waals surface area contributed by atoms with Gasteiger partial charge >= 0.3 is 6.03 Å². The molecule has 0 saturated carbocycles. The number of imide groups is 1. The quantitative estimate of drug-likeness (QED) is 0.866. The van der Waals surface area contributed by atoms with Crippen molar-refractivity contribution in [1.29, 1.82) is 0 Å². The molecule has 1 saturated heterocycles. The summed E-state index contributed by atoms with van der Waals surface area (Å²) in [5, 5.41) is 2.83. The molecule has 0 unspecified atom stereocenters. The maximum Gasteiger partial charge on any atom is 0.325 e. The van der Waals surface area contributed by atoms with Crippen molar-refractivity contribution in [3.05, 3.63) is 71.0 Å². The van der Waals surface area contributed by atoms with E-state index >= 15 is 0 Å². The third kappa shape index (κ3) is 2.11. The normalized spacial score (nSPS) is 18.4. The highest BCUT2D eigenvalue weighted by atomic mass is 19.1. The van der Waals surface area contributed by atoms with E-state index in [0.717, 1.165) is 16.0 Å². The Morgan fingerprint density at radius 2 is 1.61 bits per heavy atom. The van der Waals surface area contributed by atoms with Crippen LogP contribution in [0.1, 0.15) is 16.7 Å².